The minimum atomic E-state index is -4.36. The molecule has 10 heteroatoms. The molecule has 1 heterocycles. The van der Waals surface area contributed by atoms with Crippen molar-refractivity contribution in [2.75, 3.05) is 18.7 Å². The van der Waals surface area contributed by atoms with Crippen LogP contribution in [-0.2, 0) is 15.8 Å². The van der Waals surface area contributed by atoms with Crippen LogP contribution in [-0.4, -0.2) is 43.0 Å². The van der Waals surface area contributed by atoms with Crippen LogP contribution >= 0.6 is 7.60 Å². The molecule has 0 saturated heterocycles. The Morgan fingerprint density at radius 2 is 2.21 bits per heavy atom. The molecule has 1 unspecified atom stereocenters. The van der Waals surface area contributed by atoms with Gasteiger partial charge in [0.15, 0.2) is 0 Å². The molecule has 0 fully saturated rings. The molecule has 0 aliphatic carbocycles. The molecule has 0 aliphatic rings. The first kappa shape index (κ1) is 15.8. The molecule has 108 valence electrons. The second-order valence-corrected chi connectivity index (χ2v) is 5.90. The summed E-state index contributed by atoms with van der Waals surface area (Å²) in [5.41, 5.74) is 3.38. The molecular weight excluding hydrogens is 277 g/mol. The second-order valence-electron chi connectivity index (χ2n) is 4.31. The molecule has 0 saturated carbocycles. The number of anilines is 1. The van der Waals surface area contributed by atoms with Crippen molar-refractivity contribution in [1.82, 2.24) is 9.55 Å². The van der Waals surface area contributed by atoms with Crippen LogP contribution in [0, 0.1) is 0 Å². The first-order valence-corrected chi connectivity index (χ1v) is 7.07. The van der Waals surface area contributed by atoms with Crippen molar-refractivity contribution in [3.8, 4) is 0 Å². The van der Waals surface area contributed by atoms with Gasteiger partial charge in [0.1, 0.15) is 17.8 Å². The Bertz CT molecular complexity index is 541. The lowest BCUT2D eigenvalue weighted by Gasteiger charge is -2.28. The van der Waals surface area contributed by atoms with E-state index in [1.807, 2.05) is 0 Å². The SMILES string of the molecule is CC(CO)(Cn1ccc(N)nc1=O)OCP(=O)(O)O. The third-order valence-corrected chi connectivity index (χ3v) is 2.78. The second kappa shape index (κ2) is 5.81. The van der Waals surface area contributed by atoms with Gasteiger partial charge < -0.3 is 25.4 Å². The van der Waals surface area contributed by atoms with Crippen molar-refractivity contribution in [3.63, 3.8) is 0 Å². The third-order valence-electron chi connectivity index (χ3n) is 2.32. The highest BCUT2D eigenvalue weighted by Gasteiger charge is 2.29. The van der Waals surface area contributed by atoms with Crippen LogP contribution in [0.4, 0.5) is 5.82 Å². The summed E-state index contributed by atoms with van der Waals surface area (Å²) in [5, 5.41) is 9.25. The first-order valence-electron chi connectivity index (χ1n) is 5.27. The van der Waals surface area contributed by atoms with Gasteiger partial charge in [0.25, 0.3) is 0 Å². The Kier molecular flexibility index (Phi) is 4.83. The Morgan fingerprint density at radius 1 is 1.58 bits per heavy atom. The molecule has 1 aromatic heterocycles. The van der Waals surface area contributed by atoms with Crippen LogP contribution in [0.5, 0.6) is 0 Å². The summed E-state index contributed by atoms with van der Waals surface area (Å²) in [6.07, 6.45) is 0.515. The number of aliphatic hydroxyl groups excluding tert-OH is 1. The Labute approximate surface area is 108 Å². The minimum absolute atomic E-state index is 0.0584. The molecule has 1 rings (SSSR count). The lowest BCUT2D eigenvalue weighted by atomic mass is 10.1. The number of hydrogen-bond acceptors (Lipinski definition) is 6. The molecule has 0 amide bonds. The van der Waals surface area contributed by atoms with Crippen LogP contribution in [0.3, 0.4) is 0 Å². The zero-order valence-electron chi connectivity index (χ0n) is 10.3. The fraction of sp³-hybridized carbons (Fsp3) is 0.556. The fourth-order valence-electron chi connectivity index (χ4n) is 1.30. The molecule has 0 spiro atoms. The minimum Gasteiger partial charge on any atom is -0.393 e. The maximum Gasteiger partial charge on any atom is 0.351 e. The Balaban J connectivity index is 2.85. The van der Waals surface area contributed by atoms with Gasteiger partial charge in [-0.25, -0.2) is 4.79 Å². The summed E-state index contributed by atoms with van der Waals surface area (Å²) in [6, 6.07) is 1.39. The van der Waals surface area contributed by atoms with Gasteiger partial charge in [-0.15, -0.1) is 0 Å². The molecule has 0 radical (unpaired) electrons. The van der Waals surface area contributed by atoms with Gasteiger partial charge in [-0.3, -0.25) is 9.13 Å². The smallest absolute Gasteiger partial charge is 0.351 e. The number of rotatable bonds is 6. The summed E-state index contributed by atoms with van der Waals surface area (Å²) in [6.45, 7) is 0.783. The van der Waals surface area contributed by atoms with Crippen molar-refractivity contribution in [3.05, 3.63) is 22.7 Å². The molecule has 0 aliphatic heterocycles. The standard InChI is InChI=1S/C9H16N3O6P/c1-9(5-13,18-6-19(15,16)17)4-12-3-2-7(10)11-8(12)14/h2-3,13H,4-6H2,1H3,(H2,10,11,14)(H2,15,16,17). The topological polar surface area (TPSA) is 148 Å². The van der Waals surface area contributed by atoms with Crippen LogP contribution in [0.1, 0.15) is 6.92 Å². The van der Waals surface area contributed by atoms with Crippen molar-refractivity contribution in [2.45, 2.75) is 19.1 Å². The molecule has 9 nitrogen and oxygen atoms in total. The molecule has 0 bridgehead atoms. The average Bonchev–Trinajstić information content (AvgIpc) is 2.30. The summed E-state index contributed by atoms with van der Waals surface area (Å²) >= 11 is 0. The maximum atomic E-state index is 11.5. The highest BCUT2D eigenvalue weighted by Crippen LogP contribution is 2.35. The van der Waals surface area contributed by atoms with E-state index in [1.54, 1.807) is 0 Å². The zero-order valence-corrected chi connectivity index (χ0v) is 11.2. The number of aliphatic hydroxyl groups is 1. The number of nitrogens with zero attached hydrogens (tertiary/aromatic N) is 2. The lowest BCUT2D eigenvalue weighted by Crippen LogP contribution is -2.41. The normalized spacial score (nSPS) is 15.2. The van der Waals surface area contributed by atoms with Gasteiger partial charge in [-0.05, 0) is 13.0 Å². The van der Waals surface area contributed by atoms with Gasteiger partial charge in [0.2, 0.25) is 0 Å². The highest BCUT2D eigenvalue weighted by atomic mass is 31.2. The van der Waals surface area contributed by atoms with Gasteiger partial charge in [-0.1, -0.05) is 0 Å². The van der Waals surface area contributed by atoms with E-state index in [4.69, 9.17) is 20.3 Å². The predicted octanol–water partition coefficient (Wildman–Crippen LogP) is -1.27. The molecule has 5 N–H and O–H groups in total. The summed E-state index contributed by atoms with van der Waals surface area (Å²) < 4.78 is 16.9. The van der Waals surface area contributed by atoms with E-state index >= 15 is 0 Å². The van der Waals surface area contributed by atoms with Gasteiger partial charge in [-0.2, -0.15) is 4.98 Å². The van der Waals surface area contributed by atoms with E-state index in [1.165, 1.54) is 19.2 Å². The molecular formula is C9H16N3O6P. The van der Waals surface area contributed by atoms with Gasteiger partial charge in [0.05, 0.1) is 13.2 Å². The number of nitrogens with two attached hydrogens (primary N) is 1. The lowest BCUT2D eigenvalue weighted by molar-refractivity contribution is -0.0635. The average molecular weight is 293 g/mol. The highest BCUT2D eigenvalue weighted by molar-refractivity contribution is 7.51. The molecule has 0 aromatic carbocycles. The van der Waals surface area contributed by atoms with E-state index in [9.17, 15) is 14.5 Å². The predicted molar refractivity (Wildman–Crippen MR) is 66.4 cm³/mol. The van der Waals surface area contributed by atoms with Gasteiger partial charge >= 0.3 is 13.3 Å². The fourth-order valence-corrected chi connectivity index (χ4v) is 1.78. The van der Waals surface area contributed by atoms with Crippen molar-refractivity contribution in [1.29, 1.82) is 0 Å². The zero-order chi connectivity index (χ0) is 14.7. The van der Waals surface area contributed by atoms with E-state index in [-0.39, 0.29) is 12.4 Å². The Morgan fingerprint density at radius 3 is 2.68 bits per heavy atom. The molecule has 1 atom stereocenters. The summed E-state index contributed by atoms with van der Waals surface area (Å²) in [7, 11) is -4.36. The van der Waals surface area contributed by atoms with E-state index in [0.717, 1.165) is 4.57 Å². The number of hydrogen-bond donors (Lipinski definition) is 4. The maximum absolute atomic E-state index is 11.5. The van der Waals surface area contributed by atoms with E-state index in [2.05, 4.69) is 4.98 Å². The van der Waals surface area contributed by atoms with Crippen LogP contribution in [0.2, 0.25) is 0 Å². The van der Waals surface area contributed by atoms with Crippen LogP contribution in [0.15, 0.2) is 17.1 Å². The number of ether oxygens (including phenoxy) is 1. The number of aromatic nitrogens is 2. The monoisotopic (exact) mass is 293 g/mol. The van der Waals surface area contributed by atoms with Crippen LogP contribution in [0.25, 0.3) is 0 Å². The molecule has 1 aromatic rings. The van der Waals surface area contributed by atoms with Gasteiger partial charge in [0, 0.05) is 6.20 Å². The largest absolute Gasteiger partial charge is 0.393 e. The van der Waals surface area contributed by atoms with E-state index in [0.29, 0.717) is 0 Å². The van der Waals surface area contributed by atoms with Crippen molar-refractivity contribution >= 4 is 13.4 Å². The Hall–Kier alpha value is -1.25. The molecule has 19 heavy (non-hydrogen) atoms. The quantitative estimate of drug-likeness (QED) is 0.474. The van der Waals surface area contributed by atoms with Crippen molar-refractivity contribution in [2.24, 2.45) is 0 Å². The van der Waals surface area contributed by atoms with E-state index < -0.39 is 31.8 Å². The summed E-state index contributed by atoms with van der Waals surface area (Å²) in [5.74, 6) is 0.0584. The third kappa shape index (κ3) is 5.09. The number of nitrogen functional groups attached to an aromatic ring is 1. The van der Waals surface area contributed by atoms with Crippen molar-refractivity contribution < 1.29 is 24.2 Å². The summed E-state index contributed by atoms with van der Waals surface area (Å²) in [4.78, 5) is 32.5. The first-order chi connectivity index (χ1) is 8.65. The van der Waals surface area contributed by atoms with Crippen LogP contribution < -0.4 is 11.4 Å².